The number of alkyl halides is 3. The van der Waals surface area contributed by atoms with E-state index in [0.29, 0.717) is 16.5 Å². The van der Waals surface area contributed by atoms with Gasteiger partial charge in [0.25, 0.3) is 0 Å². The summed E-state index contributed by atoms with van der Waals surface area (Å²) < 4.78 is 40.7. The number of halogens is 4. The molecule has 0 aliphatic carbocycles. The van der Waals surface area contributed by atoms with Crippen molar-refractivity contribution in [2.24, 2.45) is 5.92 Å². The Morgan fingerprint density at radius 3 is 2.26 bits per heavy atom. The summed E-state index contributed by atoms with van der Waals surface area (Å²) in [6.07, 6.45) is 0.250. The maximum Gasteiger partial charge on any atom is 0.396 e. The molecule has 3 rings (SSSR count). The smallest absolute Gasteiger partial charge is 0.316 e. The molecule has 2 aromatic carbocycles. The van der Waals surface area contributed by atoms with Gasteiger partial charge in [0.15, 0.2) is 0 Å². The van der Waals surface area contributed by atoms with Crippen molar-refractivity contribution in [3.05, 3.63) is 70.2 Å². The van der Waals surface area contributed by atoms with Crippen LogP contribution in [0.2, 0.25) is 5.02 Å². The average molecular weight is 396 g/mol. The van der Waals surface area contributed by atoms with Gasteiger partial charge in [-0.3, -0.25) is 0 Å². The predicted octanol–water partition coefficient (Wildman–Crippen LogP) is 6.16. The van der Waals surface area contributed by atoms with Crippen molar-refractivity contribution in [1.29, 1.82) is 0 Å². The fourth-order valence-electron chi connectivity index (χ4n) is 3.74. The maximum atomic E-state index is 13.6. The molecular weight excluding hydrogens is 371 g/mol. The van der Waals surface area contributed by atoms with Gasteiger partial charge in [-0.2, -0.15) is 13.2 Å². The quantitative estimate of drug-likeness (QED) is 0.617. The minimum absolute atomic E-state index is 0.0576. The lowest BCUT2D eigenvalue weighted by molar-refractivity contribution is -0.150. The molecule has 0 bridgehead atoms. The molecule has 5 heteroatoms. The minimum atomic E-state index is -4.29. The van der Waals surface area contributed by atoms with E-state index in [1.807, 2.05) is 24.3 Å². The highest BCUT2D eigenvalue weighted by molar-refractivity contribution is 6.30. The summed E-state index contributed by atoms with van der Waals surface area (Å²) in [6.45, 7) is 2.19. The maximum absolute atomic E-state index is 13.6. The zero-order chi connectivity index (χ0) is 19.3. The molecule has 1 nitrogen and oxygen atoms in total. The average Bonchev–Trinajstić information content (AvgIpc) is 2.66. The van der Waals surface area contributed by atoms with Crippen LogP contribution in [0, 0.1) is 5.92 Å². The summed E-state index contributed by atoms with van der Waals surface area (Å²) in [5.41, 5.74) is 2.15. The standard InChI is InChI=1S/C22H25ClF3N/c23-20-11-9-19(10-12-20)21(22(24,25)26)14-17-6-3-16(4-7-17)5-8-18-2-1-13-27-15-18/h3-4,6-7,9-12,18,21,27H,1-2,5,8,13-15H2. The largest absolute Gasteiger partial charge is 0.396 e. The van der Waals surface area contributed by atoms with E-state index in [1.165, 1.54) is 42.7 Å². The Morgan fingerprint density at radius 2 is 1.67 bits per heavy atom. The van der Waals surface area contributed by atoms with Gasteiger partial charge in [-0.05, 0) is 79.9 Å². The zero-order valence-electron chi connectivity index (χ0n) is 15.2. The van der Waals surface area contributed by atoms with E-state index in [4.69, 9.17) is 11.6 Å². The molecule has 1 aliphatic rings. The molecule has 146 valence electrons. The summed E-state index contributed by atoms with van der Waals surface area (Å²) in [5.74, 6) is -0.813. The Labute approximate surface area is 163 Å². The third-order valence-corrected chi connectivity index (χ3v) is 5.62. The minimum Gasteiger partial charge on any atom is -0.316 e. The molecule has 1 aliphatic heterocycles. The number of aryl methyl sites for hydroxylation is 1. The highest BCUT2D eigenvalue weighted by atomic mass is 35.5. The molecule has 0 amide bonds. The third kappa shape index (κ3) is 5.98. The number of benzene rings is 2. The first-order chi connectivity index (χ1) is 12.9. The van der Waals surface area contributed by atoms with Crippen molar-refractivity contribution >= 4 is 11.6 Å². The molecule has 1 saturated heterocycles. The van der Waals surface area contributed by atoms with Crippen LogP contribution in [0.1, 0.15) is 41.9 Å². The van der Waals surface area contributed by atoms with Crippen LogP contribution in [0.15, 0.2) is 48.5 Å². The van der Waals surface area contributed by atoms with Crippen LogP contribution in [0.5, 0.6) is 0 Å². The van der Waals surface area contributed by atoms with Gasteiger partial charge < -0.3 is 5.32 Å². The van der Waals surface area contributed by atoms with Crippen molar-refractivity contribution in [3.63, 3.8) is 0 Å². The molecular formula is C22H25ClF3N. The lowest BCUT2D eigenvalue weighted by Crippen LogP contribution is -2.29. The molecule has 27 heavy (non-hydrogen) atoms. The molecule has 1 heterocycles. The predicted molar refractivity (Wildman–Crippen MR) is 104 cm³/mol. The molecule has 0 aromatic heterocycles. The van der Waals surface area contributed by atoms with E-state index in [2.05, 4.69) is 5.32 Å². The number of hydrogen-bond acceptors (Lipinski definition) is 1. The van der Waals surface area contributed by atoms with Gasteiger partial charge in [0.05, 0.1) is 5.92 Å². The van der Waals surface area contributed by atoms with E-state index in [0.717, 1.165) is 25.9 Å². The van der Waals surface area contributed by atoms with Gasteiger partial charge in [-0.25, -0.2) is 0 Å². The molecule has 0 saturated carbocycles. The van der Waals surface area contributed by atoms with Crippen molar-refractivity contribution < 1.29 is 13.2 Å². The third-order valence-electron chi connectivity index (χ3n) is 5.37. The first-order valence-corrected chi connectivity index (χ1v) is 9.90. The van der Waals surface area contributed by atoms with Crippen molar-refractivity contribution in [1.82, 2.24) is 5.32 Å². The van der Waals surface area contributed by atoms with Crippen LogP contribution in [0.25, 0.3) is 0 Å². The number of piperidine rings is 1. The molecule has 1 fully saturated rings. The van der Waals surface area contributed by atoms with Crippen LogP contribution in [-0.4, -0.2) is 19.3 Å². The monoisotopic (exact) mass is 395 g/mol. The molecule has 2 aromatic rings. The lowest BCUT2D eigenvalue weighted by atomic mass is 9.90. The van der Waals surface area contributed by atoms with Crippen molar-refractivity contribution in [3.8, 4) is 0 Å². The first-order valence-electron chi connectivity index (χ1n) is 9.52. The van der Waals surface area contributed by atoms with E-state index in [1.54, 1.807) is 0 Å². The van der Waals surface area contributed by atoms with E-state index in [-0.39, 0.29) is 12.0 Å². The van der Waals surface area contributed by atoms with Crippen molar-refractivity contribution in [2.75, 3.05) is 13.1 Å². The second-order valence-electron chi connectivity index (χ2n) is 7.42. The molecule has 1 N–H and O–H groups in total. The molecule has 2 atom stereocenters. The van der Waals surface area contributed by atoms with Crippen LogP contribution < -0.4 is 5.32 Å². The van der Waals surface area contributed by atoms with E-state index >= 15 is 0 Å². The number of hydrogen-bond donors (Lipinski definition) is 1. The van der Waals surface area contributed by atoms with Gasteiger partial charge in [-0.1, -0.05) is 48.0 Å². The Kier molecular flexibility index (Phi) is 6.83. The molecule has 0 radical (unpaired) electrons. The van der Waals surface area contributed by atoms with Gasteiger partial charge in [0.2, 0.25) is 0 Å². The van der Waals surface area contributed by atoms with Gasteiger partial charge >= 0.3 is 6.18 Å². The summed E-state index contributed by atoms with van der Waals surface area (Å²) in [4.78, 5) is 0. The first kappa shape index (κ1) is 20.2. The Bertz CT molecular complexity index is 704. The summed E-state index contributed by atoms with van der Waals surface area (Å²) >= 11 is 5.81. The summed E-state index contributed by atoms with van der Waals surface area (Å²) in [6, 6.07) is 13.6. The summed E-state index contributed by atoms with van der Waals surface area (Å²) in [5, 5.41) is 3.86. The number of nitrogens with one attached hydrogen (secondary N) is 1. The van der Waals surface area contributed by atoms with Gasteiger partial charge in [0, 0.05) is 5.02 Å². The Hall–Kier alpha value is -1.52. The van der Waals surface area contributed by atoms with Crippen LogP contribution >= 0.6 is 11.6 Å². The van der Waals surface area contributed by atoms with E-state index < -0.39 is 12.1 Å². The fraction of sp³-hybridized carbons (Fsp3) is 0.455. The topological polar surface area (TPSA) is 12.0 Å². The van der Waals surface area contributed by atoms with Crippen LogP contribution in [0.3, 0.4) is 0 Å². The normalized spacial score (nSPS) is 19.0. The summed E-state index contributed by atoms with van der Waals surface area (Å²) in [7, 11) is 0. The molecule has 2 unspecified atom stereocenters. The highest BCUT2D eigenvalue weighted by Crippen LogP contribution is 2.37. The molecule has 0 spiro atoms. The number of rotatable bonds is 6. The Balaban J connectivity index is 1.63. The zero-order valence-corrected chi connectivity index (χ0v) is 16.0. The lowest BCUT2D eigenvalue weighted by Gasteiger charge is -2.23. The second-order valence-corrected chi connectivity index (χ2v) is 7.85. The van der Waals surface area contributed by atoms with E-state index in [9.17, 15) is 13.2 Å². The fourth-order valence-corrected chi connectivity index (χ4v) is 3.86. The van der Waals surface area contributed by atoms with Gasteiger partial charge in [-0.15, -0.1) is 0 Å². The van der Waals surface area contributed by atoms with Crippen molar-refractivity contribution in [2.45, 2.75) is 44.2 Å². The van der Waals surface area contributed by atoms with Crippen LogP contribution in [0.4, 0.5) is 13.2 Å². The van der Waals surface area contributed by atoms with Crippen LogP contribution in [-0.2, 0) is 12.8 Å². The SMILES string of the molecule is FC(F)(F)C(Cc1ccc(CCC2CCCNC2)cc1)c1ccc(Cl)cc1. The van der Waals surface area contributed by atoms with Gasteiger partial charge in [0.1, 0.15) is 0 Å². The Morgan fingerprint density at radius 1 is 1.00 bits per heavy atom. The second kappa shape index (κ2) is 9.11. The highest BCUT2D eigenvalue weighted by Gasteiger charge is 2.40.